The fourth-order valence-corrected chi connectivity index (χ4v) is 4.09. The molecule has 2 aliphatic rings. The molecule has 1 aromatic rings. The molecule has 0 radical (unpaired) electrons. The third kappa shape index (κ3) is 4.42. The summed E-state index contributed by atoms with van der Waals surface area (Å²) in [5.41, 5.74) is 1.01. The number of carboxylic acids is 1. The van der Waals surface area contributed by atoms with Crippen molar-refractivity contribution in [3.05, 3.63) is 35.9 Å². The van der Waals surface area contributed by atoms with Gasteiger partial charge in [-0.05, 0) is 24.3 Å². The molecule has 1 aromatic carbocycles. The first-order valence-corrected chi connectivity index (χ1v) is 9.30. The standard InChI is InChI=1S/C20H25NO5/c22-18(23)12-16(10-14-8-4-5-9-14)19(24)21-17(13-26-20(21)25)11-15-6-2-1-3-7-15/h1-3,6-7,14,16-17H,4-5,8-13H2,(H,22,23)/t16-,17?/m1/s1. The van der Waals surface area contributed by atoms with Crippen LogP contribution in [0.1, 0.15) is 44.1 Å². The summed E-state index contributed by atoms with van der Waals surface area (Å²) in [6.07, 6.45) is 4.47. The molecule has 2 amide bonds. The number of aliphatic carboxylic acids is 1. The number of benzene rings is 1. The number of carbonyl (C=O) groups excluding carboxylic acids is 2. The molecule has 26 heavy (non-hydrogen) atoms. The van der Waals surface area contributed by atoms with Gasteiger partial charge in [-0.3, -0.25) is 9.59 Å². The first-order valence-electron chi connectivity index (χ1n) is 9.30. The fourth-order valence-electron chi connectivity index (χ4n) is 4.09. The van der Waals surface area contributed by atoms with E-state index in [1.165, 1.54) is 0 Å². The van der Waals surface area contributed by atoms with Crippen LogP contribution in [-0.2, 0) is 20.7 Å². The minimum atomic E-state index is -1.01. The lowest BCUT2D eigenvalue weighted by Gasteiger charge is -2.25. The highest BCUT2D eigenvalue weighted by molar-refractivity contribution is 5.96. The van der Waals surface area contributed by atoms with Gasteiger partial charge in [0, 0.05) is 5.92 Å². The Labute approximate surface area is 153 Å². The average Bonchev–Trinajstić information content (AvgIpc) is 3.24. The highest BCUT2D eigenvalue weighted by Gasteiger charge is 2.41. The van der Waals surface area contributed by atoms with Gasteiger partial charge in [0.2, 0.25) is 5.91 Å². The molecule has 0 aromatic heterocycles. The molecular formula is C20H25NO5. The Kier molecular flexibility index (Phi) is 5.91. The normalized spacial score (nSPS) is 21.6. The van der Waals surface area contributed by atoms with Crippen molar-refractivity contribution in [1.82, 2.24) is 4.90 Å². The van der Waals surface area contributed by atoms with Crippen molar-refractivity contribution in [2.75, 3.05) is 6.61 Å². The van der Waals surface area contributed by atoms with Crippen LogP contribution in [0, 0.1) is 11.8 Å². The second kappa shape index (κ2) is 8.34. The van der Waals surface area contributed by atoms with Gasteiger partial charge in [0.1, 0.15) is 6.61 Å². The summed E-state index contributed by atoms with van der Waals surface area (Å²) in [7, 11) is 0. The molecular weight excluding hydrogens is 334 g/mol. The van der Waals surface area contributed by atoms with Crippen LogP contribution in [0.5, 0.6) is 0 Å². The molecule has 1 N–H and O–H groups in total. The number of imide groups is 1. The molecule has 1 saturated heterocycles. The lowest BCUT2D eigenvalue weighted by Crippen LogP contribution is -2.44. The van der Waals surface area contributed by atoms with Crippen LogP contribution in [0.4, 0.5) is 4.79 Å². The summed E-state index contributed by atoms with van der Waals surface area (Å²) in [5.74, 6) is -1.70. The summed E-state index contributed by atoms with van der Waals surface area (Å²) in [6.45, 7) is 0.155. The van der Waals surface area contributed by atoms with Gasteiger partial charge in [0.05, 0.1) is 12.5 Å². The zero-order valence-corrected chi connectivity index (χ0v) is 14.8. The van der Waals surface area contributed by atoms with Crippen LogP contribution < -0.4 is 0 Å². The van der Waals surface area contributed by atoms with E-state index < -0.39 is 23.9 Å². The highest BCUT2D eigenvalue weighted by Crippen LogP contribution is 2.33. The number of cyclic esters (lactones) is 1. The van der Waals surface area contributed by atoms with Crippen LogP contribution in [0.15, 0.2) is 30.3 Å². The van der Waals surface area contributed by atoms with Crippen molar-refractivity contribution in [3.63, 3.8) is 0 Å². The van der Waals surface area contributed by atoms with Gasteiger partial charge in [-0.2, -0.15) is 0 Å². The molecule has 140 valence electrons. The second-order valence-corrected chi connectivity index (χ2v) is 7.31. The van der Waals surface area contributed by atoms with E-state index in [0.717, 1.165) is 36.1 Å². The van der Waals surface area contributed by atoms with Gasteiger partial charge in [-0.15, -0.1) is 0 Å². The number of rotatable bonds is 7. The van der Waals surface area contributed by atoms with Crippen LogP contribution in [0.2, 0.25) is 0 Å². The lowest BCUT2D eigenvalue weighted by atomic mass is 9.89. The van der Waals surface area contributed by atoms with E-state index in [4.69, 9.17) is 4.74 Å². The van der Waals surface area contributed by atoms with Crippen LogP contribution in [-0.4, -0.2) is 40.6 Å². The maximum Gasteiger partial charge on any atom is 0.416 e. The minimum absolute atomic E-state index is 0.155. The Balaban J connectivity index is 1.73. The summed E-state index contributed by atoms with van der Waals surface area (Å²) in [4.78, 5) is 37.7. The van der Waals surface area contributed by atoms with E-state index in [1.807, 2.05) is 30.3 Å². The van der Waals surface area contributed by atoms with Crippen molar-refractivity contribution in [2.24, 2.45) is 11.8 Å². The first kappa shape index (κ1) is 18.4. The summed E-state index contributed by atoms with van der Waals surface area (Å²) < 4.78 is 5.12. The number of nitrogens with zero attached hydrogens (tertiary/aromatic N) is 1. The van der Waals surface area contributed by atoms with Crippen molar-refractivity contribution in [1.29, 1.82) is 0 Å². The maximum atomic E-state index is 13.0. The molecule has 1 aliphatic heterocycles. The van der Waals surface area contributed by atoms with Crippen LogP contribution in [0.3, 0.4) is 0 Å². The van der Waals surface area contributed by atoms with Gasteiger partial charge < -0.3 is 9.84 Å². The minimum Gasteiger partial charge on any atom is -0.481 e. The smallest absolute Gasteiger partial charge is 0.416 e. The monoisotopic (exact) mass is 359 g/mol. The number of carboxylic acid groups (broad SMARTS) is 1. The zero-order chi connectivity index (χ0) is 18.5. The fraction of sp³-hybridized carbons (Fsp3) is 0.550. The first-order chi connectivity index (χ1) is 12.5. The number of hydrogen-bond acceptors (Lipinski definition) is 4. The Hall–Kier alpha value is -2.37. The van der Waals surface area contributed by atoms with Gasteiger partial charge in [-0.1, -0.05) is 56.0 Å². The summed E-state index contributed by atoms with van der Waals surface area (Å²) >= 11 is 0. The van der Waals surface area contributed by atoms with E-state index in [-0.39, 0.29) is 19.1 Å². The van der Waals surface area contributed by atoms with E-state index in [2.05, 4.69) is 0 Å². The third-order valence-corrected chi connectivity index (χ3v) is 5.38. The van der Waals surface area contributed by atoms with E-state index in [1.54, 1.807) is 0 Å². The van der Waals surface area contributed by atoms with Crippen LogP contribution >= 0.6 is 0 Å². The van der Waals surface area contributed by atoms with E-state index in [9.17, 15) is 19.5 Å². The predicted octanol–water partition coefficient (Wildman–Crippen LogP) is 3.25. The Morgan fingerprint density at radius 2 is 1.88 bits per heavy atom. The van der Waals surface area contributed by atoms with Crippen LogP contribution in [0.25, 0.3) is 0 Å². The lowest BCUT2D eigenvalue weighted by molar-refractivity contribution is -0.144. The van der Waals surface area contributed by atoms with Gasteiger partial charge in [0.15, 0.2) is 0 Å². The highest BCUT2D eigenvalue weighted by atomic mass is 16.6. The molecule has 2 fully saturated rings. The van der Waals surface area contributed by atoms with Crippen molar-refractivity contribution in [3.8, 4) is 0 Å². The molecule has 6 nitrogen and oxygen atoms in total. The van der Waals surface area contributed by atoms with Crippen molar-refractivity contribution in [2.45, 2.75) is 51.0 Å². The van der Waals surface area contributed by atoms with Crippen molar-refractivity contribution >= 4 is 18.0 Å². The Bertz CT molecular complexity index is 653. The Morgan fingerprint density at radius 1 is 1.19 bits per heavy atom. The molecule has 2 atom stereocenters. The van der Waals surface area contributed by atoms with Gasteiger partial charge in [0.25, 0.3) is 0 Å². The number of amides is 2. The number of hydrogen-bond donors (Lipinski definition) is 1. The summed E-state index contributed by atoms with van der Waals surface area (Å²) in [6, 6.07) is 9.24. The number of carbonyl (C=O) groups is 3. The molecule has 1 unspecified atom stereocenters. The van der Waals surface area contributed by atoms with Gasteiger partial charge >= 0.3 is 12.1 Å². The van der Waals surface area contributed by atoms with E-state index >= 15 is 0 Å². The Morgan fingerprint density at radius 3 is 2.54 bits per heavy atom. The third-order valence-electron chi connectivity index (χ3n) is 5.38. The topological polar surface area (TPSA) is 83.9 Å². The second-order valence-electron chi connectivity index (χ2n) is 7.31. The molecule has 6 heteroatoms. The average molecular weight is 359 g/mol. The molecule has 3 rings (SSSR count). The predicted molar refractivity (Wildman–Crippen MR) is 94.4 cm³/mol. The van der Waals surface area contributed by atoms with Crippen molar-refractivity contribution < 1.29 is 24.2 Å². The quantitative estimate of drug-likeness (QED) is 0.808. The largest absolute Gasteiger partial charge is 0.481 e. The van der Waals surface area contributed by atoms with Gasteiger partial charge in [-0.25, -0.2) is 9.69 Å². The SMILES string of the molecule is O=C(O)C[C@@H](CC1CCCC1)C(=O)N1C(=O)OCC1Cc1ccccc1. The molecule has 1 saturated carbocycles. The zero-order valence-electron chi connectivity index (χ0n) is 14.8. The molecule has 1 heterocycles. The molecule has 1 aliphatic carbocycles. The maximum absolute atomic E-state index is 13.0. The summed E-state index contributed by atoms with van der Waals surface area (Å²) in [5, 5.41) is 9.23. The van der Waals surface area contributed by atoms with E-state index in [0.29, 0.717) is 18.8 Å². The molecule has 0 bridgehead atoms. The number of ether oxygens (including phenoxy) is 1. The molecule has 0 spiro atoms.